The molecule has 1 aromatic heterocycles. The Balaban J connectivity index is 0.00000176. The zero-order valence-electron chi connectivity index (χ0n) is 10.8. The molecule has 0 amide bonds. The van der Waals surface area contributed by atoms with Crippen LogP contribution in [-0.2, 0) is 22.4 Å². The van der Waals surface area contributed by atoms with Crippen molar-refractivity contribution in [1.82, 2.24) is 15.4 Å². The van der Waals surface area contributed by atoms with E-state index in [-0.39, 0.29) is 39.1 Å². The van der Waals surface area contributed by atoms with E-state index in [0.717, 1.165) is 0 Å². The Morgan fingerprint density at radius 3 is 2.41 bits per heavy atom. The van der Waals surface area contributed by atoms with Gasteiger partial charge in [-0.25, -0.2) is 4.79 Å². The minimum atomic E-state index is -1.14. The molecular weight excluding hydrogens is 384 g/mol. The molecule has 0 aliphatic carbocycles. The van der Waals surface area contributed by atoms with Crippen molar-refractivity contribution in [1.29, 1.82) is 0 Å². The molecule has 0 bridgehead atoms. The molecule has 0 radical (unpaired) electrons. The van der Waals surface area contributed by atoms with Gasteiger partial charge in [-0.15, -0.1) is 0 Å². The number of aromatic amines is 1. The van der Waals surface area contributed by atoms with Crippen molar-refractivity contribution in [2.45, 2.75) is 0 Å². The Labute approximate surface area is 138 Å². The van der Waals surface area contributed by atoms with Crippen LogP contribution in [0.5, 0.6) is 0 Å². The first kappa shape index (κ1) is 15.8. The van der Waals surface area contributed by atoms with Gasteiger partial charge in [0, 0.05) is 12.1 Å². The minimum Gasteiger partial charge on any atom is -0.478 e. The predicted octanol–water partition coefficient (Wildman–Crippen LogP) is 2.23. The van der Waals surface area contributed by atoms with E-state index in [4.69, 9.17) is 0 Å². The number of hydrogen-bond acceptors (Lipinski definition) is 5. The van der Waals surface area contributed by atoms with E-state index in [0.29, 0.717) is 16.6 Å². The number of aromatic nitrogens is 3. The summed E-state index contributed by atoms with van der Waals surface area (Å²) >= 11 is 0. The maximum absolute atomic E-state index is 11.5. The summed E-state index contributed by atoms with van der Waals surface area (Å²) in [5, 5.41) is 30.1. The largest absolute Gasteiger partial charge is 1.00 e. The van der Waals surface area contributed by atoms with Crippen molar-refractivity contribution in [3.63, 3.8) is 0 Å². The first-order chi connectivity index (χ1) is 10.1. The zero-order valence-corrected chi connectivity index (χ0v) is 12.3. The zero-order chi connectivity index (χ0) is 15.0. The number of hydrogen-bond donors (Lipinski definition) is 2. The van der Waals surface area contributed by atoms with E-state index in [9.17, 15) is 20.0 Å². The number of nitrogens with zero attached hydrogens (tertiary/aromatic N) is 3. The monoisotopic (exact) mass is 391 g/mol. The van der Waals surface area contributed by atoms with Crippen LogP contribution >= 0.6 is 0 Å². The summed E-state index contributed by atoms with van der Waals surface area (Å²) in [6, 6.07) is 8.91. The second kappa shape index (κ2) is 6.06. The molecule has 0 saturated carbocycles. The van der Waals surface area contributed by atoms with Gasteiger partial charge in [0.15, 0.2) is 0 Å². The van der Waals surface area contributed by atoms with Crippen molar-refractivity contribution in [2.24, 2.45) is 0 Å². The normalized spacial score (nSPS) is 10.2. The fourth-order valence-electron chi connectivity index (χ4n) is 2.13. The molecule has 2 N–H and O–H groups in total. The Hall–Kier alpha value is -2.55. The molecule has 3 rings (SSSR count). The third-order valence-electron chi connectivity index (χ3n) is 3.09. The summed E-state index contributed by atoms with van der Waals surface area (Å²) in [4.78, 5) is 21.6. The average molecular weight is 392 g/mol. The number of aromatic carboxylic acids is 1. The molecule has 0 saturated heterocycles. The Morgan fingerprint density at radius 2 is 1.82 bits per heavy atom. The van der Waals surface area contributed by atoms with Crippen LogP contribution in [0.4, 0.5) is 5.69 Å². The predicted molar refractivity (Wildman–Crippen MR) is 72.9 cm³/mol. The summed E-state index contributed by atoms with van der Waals surface area (Å²) in [6.45, 7) is 0. The fraction of sp³-hybridized carbons (Fsp3) is 0. The molecule has 0 fully saturated rings. The molecule has 0 atom stereocenters. The number of carboxylic acids is 1. The van der Waals surface area contributed by atoms with Crippen molar-refractivity contribution in [3.8, 4) is 11.1 Å². The van der Waals surface area contributed by atoms with Gasteiger partial charge >= 0.3 is 28.3 Å². The molecule has 114 valence electrons. The van der Waals surface area contributed by atoms with E-state index in [1.807, 2.05) is 0 Å². The van der Waals surface area contributed by atoms with Crippen molar-refractivity contribution >= 4 is 22.7 Å². The summed E-state index contributed by atoms with van der Waals surface area (Å²) in [5.41, 5.74) is 1.63. The number of nitro benzene ring substituents is 1. The summed E-state index contributed by atoms with van der Waals surface area (Å²) in [6.07, 6.45) is 0. The summed E-state index contributed by atoms with van der Waals surface area (Å²) in [7, 11) is 0. The second-order valence-electron chi connectivity index (χ2n) is 4.29. The van der Waals surface area contributed by atoms with E-state index in [2.05, 4.69) is 15.4 Å². The summed E-state index contributed by atoms with van der Waals surface area (Å²) in [5.74, 6) is -1.14. The van der Waals surface area contributed by atoms with Crippen molar-refractivity contribution in [2.75, 3.05) is 0 Å². The maximum Gasteiger partial charge on any atom is 1.00 e. The van der Waals surface area contributed by atoms with Crippen molar-refractivity contribution in [3.05, 3.63) is 52.1 Å². The van der Waals surface area contributed by atoms with E-state index in [1.54, 1.807) is 12.1 Å². The smallest absolute Gasteiger partial charge is 0.478 e. The number of non-ortho nitro benzene ring substituents is 1. The van der Waals surface area contributed by atoms with Gasteiger partial charge in [0.1, 0.15) is 11.0 Å². The van der Waals surface area contributed by atoms with Gasteiger partial charge in [-0.2, -0.15) is 15.4 Å². The van der Waals surface area contributed by atoms with Crippen LogP contribution in [0.3, 0.4) is 0 Å². The topological polar surface area (TPSA) is 122 Å². The molecule has 22 heavy (non-hydrogen) atoms. The molecule has 8 nitrogen and oxygen atoms in total. The average Bonchev–Trinajstić information content (AvgIpc) is 2.94. The van der Waals surface area contributed by atoms with Gasteiger partial charge in [0.2, 0.25) is 0 Å². The van der Waals surface area contributed by atoms with Crippen LogP contribution in [-0.4, -0.2) is 31.4 Å². The molecule has 0 aliphatic rings. The van der Waals surface area contributed by atoms with Gasteiger partial charge in [0.05, 0.1) is 10.5 Å². The van der Waals surface area contributed by atoms with Crippen LogP contribution < -0.4 is 0 Å². The molecule has 0 spiro atoms. The van der Waals surface area contributed by atoms with Gasteiger partial charge in [-0.3, -0.25) is 10.1 Å². The van der Waals surface area contributed by atoms with Crippen LogP contribution in [0.1, 0.15) is 10.4 Å². The first-order valence-electron chi connectivity index (χ1n) is 5.89. The van der Waals surface area contributed by atoms with Crippen LogP contribution in [0.15, 0.2) is 36.4 Å². The van der Waals surface area contributed by atoms with E-state index >= 15 is 0 Å². The van der Waals surface area contributed by atoms with Crippen molar-refractivity contribution < 1.29 is 37.2 Å². The molecular formula is C13H8AgN4O4+. The standard InChI is InChI=1S/C13H8N4O4.Ag/c18-13(19)11-9(5-6-10-12(11)15-16-14-10)7-1-3-8(4-2-7)17(20)21;/h1-6H,(H,18,19)(H,14,15,16);/q;+1. The third kappa shape index (κ3) is 2.62. The molecule has 3 aromatic rings. The van der Waals surface area contributed by atoms with Gasteiger partial charge in [-0.1, -0.05) is 6.07 Å². The Kier molecular flexibility index (Phi) is 4.36. The van der Waals surface area contributed by atoms with Crippen LogP contribution in [0.25, 0.3) is 22.2 Å². The maximum atomic E-state index is 11.5. The SMILES string of the molecule is O=C(O)c1c(-c2ccc([N+](=O)[O-])cc2)ccc2n[nH]nc12.[Ag+]. The Bertz CT molecular complexity index is 860. The fourth-order valence-corrected chi connectivity index (χ4v) is 2.13. The van der Waals surface area contributed by atoms with Gasteiger partial charge in [-0.05, 0) is 29.3 Å². The third-order valence-corrected chi connectivity index (χ3v) is 3.09. The second-order valence-corrected chi connectivity index (χ2v) is 4.29. The number of nitro groups is 1. The van der Waals surface area contributed by atoms with E-state index < -0.39 is 10.9 Å². The molecule has 2 aromatic carbocycles. The molecule has 0 unspecified atom stereocenters. The number of rotatable bonds is 3. The molecule has 0 aliphatic heterocycles. The van der Waals surface area contributed by atoms with Crippen LogP contribution in [0.2, 0.25) is 0 Å². The Morgan fingerprint density at radius 1 is 1.14 bits per heavy atom. The first-order valence-corrected chi connectivity index (χ1v) is 5.89. The van der Waals surface area contributed by atoms with Gasteiger partial charge < -0.3 is 5.11 Å². The number of H-pyrrole nitrogens is 1. The van der Waals surface area contributed by atoms with Gasteiger partial charge in [0.25, 0.3) is 5.69 Å². The number of carbonyl (C=O) groups is 1. The van der Waals surface area contributed by atoms with E-state index in [1.165, 1.54) is 24.3 Å². The molecule has 9 heteroatoms. The van der Waals surface area contributed by atoms with Crippen LogP contribution in [0, 0.1) is 10.1 Å². The number of nitrogens with one attached hydrogen (secondary N) is 1. The number of benzene rings is 2. The number of fused-ring (bicyclic) bond motifs is 1. The quantitative estimate of drug-likeness (QED) is 0.401. The summed E-state index contributed by atoms with van der Waals surface area (Å²) < 4.78 is 0. The molecule has 1 heterocycles. The minimum absolute atomic E-state index is 0. The number of carboxylic acid groups (broad SMARTS) is 1.